The number of ether oxygens (including phenoxy) is 2. The van der Waals surface area contributed by atoms with E-state index in [4.69, 9.17) is 15.2 Å². The molecule has 0 radical (unpaired) electrons. The van der Waals surface area contributed by atoms with E-state index in [1.165, 1.54) is 4.68 Å². The first-order valence-electron chi connectivity index (χ1n) is 9.59. The number of aryl methyl sites for hydroxylation is 2. The maximum atomic E-state index is 13.0. The monoisotopic (exact) mass is 409 g/mol. The molecule has 3 heterocycles. The van der Waals surface area contributed by atoms with E-state index in [1.807, 2.05) is 19.1 Å². The molecule has 3 aromatic rings. The van der Waals surface area contributed by atoms with Gasteiger partial charge in [-0.3, -0.25) is 19.3 Å². The lowest BCUT2D eigenvalue weighted by atomic mass is 9.97. The molecule has 1 unspecified atom stereocenters. The van der Waals surface area contributed by atoms with Crippen LogP contribution in [0.25, 0.3) is 10.9 Å². The quantitative estimate of drug-likeness (QED) is 0.632. The van der Waals surface area contributed by atoms with Crippen LogP contribution in [0.15, 0.2) is 36.5 Å². The van der Waals surface area contributed by atoms with Crippen LogP contribution in [-0.2, 0) is 23.2 Å². The summed E-state index contributed by atoms with van der Waals surface area (Å²) in [7, 11) is 1.68. The normalized spacial score (nSPS) is 18.5. The topological polar surface area (TPSA) is 121 Å². The maximum absolute atomic E-state index is 13.0. The van der Waals surface area contributed by atoms with Gasteiger partial charge in [-0.05, 0) is 31.2 Å². The number of hydrogen-bond acceptors (Lipinski definition) is 6. The van der Waals surface area contributed by atoms with Crippen molar-refractivity contribution in [2.45, 2.75) is 25.5 Å². The Labute approximate surface area is 173 Å². The number of benzene rings is 1. The summed E-state index contributed by atoms with van der Waals surface area (Å²) in [5.41, 5.74) is 7.16. The van der Waals surface area contributed by atoms with Gasteiger partial charge in [0.2, 0.25) is 5.91 Å². The third-order valence-corrected chi connectivity index (χ3v) is 5.24. The average molecular weight is 409 g/mol. The van der Waals surface area contributed by atoms with Crippen molar-refractivity contribution in [3.8, 4) is 5.75 Å². The first kappa shape index (κ1) is 19.8. The van der Waals surface area contributed by atoms with Crippen molar-refractivity contribution in [1.29, 1.82) is 0 Å². The van der Waals surface area contributed by atoms with Gasteiger partial charge in [0.25, 0.3) is 5.91 Å². The van der Waals surface area contributed by atoms with Gasteiger partial charge in [0.15, 0.2) is 0 Å². The van der Waals surface area contributed by atoms with Crippen LogP contribution in [0.5, 0.6) is 5.75 Å². The van der Waals surface area contributed by atoms with Crippen molar-refractivity contribution < 1.29 is 19.1 Å². The third kappa shape index (κ3) is 3.71. The van der Waals surface area contributed by atoms with Gasteiger partial charge in [0.1, 0.15) is 23.6 Å². The van der Waals surface area contributed by atoms with E-state index in [2.05, 4.69) is 15.4 Å². The van der Waals surface area contributed by atoms with Gasteiger partial charge >= 0.3 is 0 Å². The van der Waals surface area contributed by atoms with Crippen molar-refractivity contribution in [3.05, 3.63) is 53.5 Å². The molecule has 0 spiro atoms. The Balaban J connectivity index is 1.59. The molecule has 1 aliphatic heterocycles. The Hall–Kier alpha value is -3.46. The number of nitrogens with one attached hydrogen (secondary N) is 1. The van der Waals surface area contributed by atoms with Crippen molar-refractivity contribution >= 4 is 22.7 Å². The van der Waals surface area contributed by atoms with E-state index in [0.29, 0.717) is 42.0 Å². The second-order valence-electron chi connectivity index (χ2n) is 7.45. The number of pyridine rings is 1. The molecule has 9 nitrogen and oxygen atoms in total. The van der Waals surface area contributed by atoms with Crippen LogP contribution < -0.4 is 15.8 Å². The lowest BCUT2D eigenvalue weighted by molar-refractivity contribution is -0.124. The van der Waals surface area contributed by atoms with Gasteiger partial charge in [-0.25, -0.2) is 0 Å². The average Bonchev–Trinajstić information content (AvgIpc) is 3.31. The molecule has 4 rings (SSSR count). The second kappa shape index (κ2) is 7.75. The molecule has 0 saturated carbocycles. The molecule has 1 atom stereocenters. The molecule has 1 aliphatic rings. The lowest BCUT2D eigenvalue weighted by Crippen LogP contribution is -2.58. The van der Waals surface area contributed by atoms with Crippen LogP contribution in [-0.4, -0.2) is 45.3 Å². The van der Waals surface area contributed by atoms with Crippen molar-refractivity contribution in [1.82, 2.24) is 20.1 Å². The summed E-state index contributed by atoms with van der Waals surface area (Å²) in [5.74, 6) is -0.460. The molecule has 2 aromatic heterocycles. The minimum atomic E-state index is -1.21. The maximum Gasteiger partial charge on any atom is 0.271 e. The molecule has 9 heteroatoms. The van der Waals surface area contributed by atoms with Crippen LogP contribution in [0.4, 0.5) is 0 Å². The number of carbonyl (C=O) groups is 2. The van der Waals surface area contributed by atoms with Crippen molar-refractivity contribution in [3.63, 3.8) is 0 Å². The predicted molar refractivity (Wildman–Crippen MR) is 109 cm³/mol. The Morgan fingerprint density at radius 2 is 2.17 bits per heavy atom. The molecule has 2 amide bonds. The number of primary amides is 1. The van der Waals surface area contributed by atoms with Gasteiger partial charge in [-0.2, -0.15) is 5.10 Å². The first-order chi connectivity index (χ1) is 14.4. The Morgan fingerprint density at radius 3 is 2.83 bits per heavy atom. The molecule has 1 aromatic carbocycles. The fourth-order valence-electron chi connectivity index (χ4n) is 3.48. The smallest absolute Gasteiger partial charge is 0.271 e. The van der Waals surface area contributed by atoms with Gasteiger partial charge in [-0.15, -0.1) is 0 Å². The molecule has 1 fully saturated rings. The van der Waals surface area contributed by atoms with E-state index >= 15 is 0 Å². The highest BCUT2D eigenvalue weighted by Crippen LogP contribution is 2.26. The largest absolute Gasteiger partial charge is 0.489 e. The predicted octanol–water partition coefficient (Wildman–Crippen LogP) is 1.23. The highest BCUT2D eigenvalue weighted by Gasteiger charge is 2.43. The molecule has 3 N–H and O–H groups in total. The van der Waals surface area contributed by atoms with Gasteiger partial charge in [-0.1, -0.05) is 6.07 Å². The Bertz CT molecular complexity index is 1100. The molecule has 0 aliphatic carbocycles. The Morgan fingerprint density at radius 1 is 1.33 bits per heavy atom. The molecular formula is C21H23N5O4. The van der Waals surface area contributed by atoms with Crippen LogP contribution in [0.3, 0.4) is 0 Å². The van der Waals surface area contributed by atoms with Gasteiger partial charge in [0, 0.05) is 42.9 Å². The van der Waals surface area contributed by atoms with Gasteiger partial charge < -0.3 is 20.5 Å². The zero-order valence-corrected chi connectivity index (χ0v) is 16.8. The number of amides is 2. The summed E-state index contributed by atoms with van der Waals surface area (Å²) < 4.78 is 12.7. The van der Waals surface area contributed by atoms with E-state index in [0.717, 1.165) is 11.3 Å². The Kier molecular flexibility index (Phi) is 5.13. The third-order valence-electron chi connectivity index (χ3n) is 5.24. The summed E-state index contributed by atoms with van der Waals surface area (Å²) in [5, 5.41) is 7.77. The molecule has 0 bridgehead atoms. The highest BCUT2D eigenvalue weighted by atomic mass is 16.5. The van der Waals surface area contributed by atoms with Crippen LogP contribution >= 0.6 is 0 Å². The number of fused-ring (bicyclic) bond motifs is 1. The van der Waals surface area contributed by atoms with Gasteiger partial charge in [0.05, 0.1) is 12.1 Å². The zero-order valence-electron chi connectivity index (χ0n) is 16.8. The van der Waals surface area contributed by atoms with Crippen LogP contribution in [0.2, 0.25) is 0 Å². The summed E-state index contributed by atoms with van der Waals surface area (Å²) in [6.45, 7) is 2.69. The summed E-state index contributed by atoms with van der Waals surface area (Å²) >= 11 is 0. The standard InChI is InChI=1S/C21H23N5O4/c1-13-3-4-14(10-23-13)11-30-15-5-6-17-16(9-15)18(26(2)25-17)19(27)24-21(20(22)28)7-8-29-12-21/h3-6,9-10H,7-8,11-12H2,1-2H3,(H2,22,28)(H,24,27). The minimum absolute atomic E-state index is 0.0583. The SMILES string of the molecule is Cc1ccc(COc2ccc3nn(C)c(C(=O)NC4(C(N)=O)CCOC4)c3c2)cn1. The fraction of sp³-hybridized carbons (Fsp3) is 0.333. The zero-order chi connectivity index (χ0) is 21.3. The summed E-state index contributed by atoms with van der Waals surface area (Å²) in [6.07, 6.45) is 2.10. The number of aromatic nitrogens is 3. The number of hydrogen-bond donors (Lipinski definition) is 2. The number of nitrogens with two attached hydrogens (primary N) is 1. The van der Waals surface area contributed by atoms with Crippen molar-refractivity contribution in [2.24, 2.45) is 12.8 Å². The fourth-order valence-corrected chi connectivity index (χ4v) is 3.48. The number of rotatable bonds is 6. The van der Waals surface area contributed by atoms with Crippen molar-refractivity contribution in [2.75, 3.05) is 13.2 Å². The molecule has 156 valence electrons. The first-order valence-corrected chi connectivity index (χ1v) is 9.59. The number of carbonyl (C=O) groups excluding carboxylic acids is 2. The number of nitrogens with zero attached hydrogens (tertiary/aromatic N) is 3. The summed E-state index contributed by atoms with van der Waals surface area (Å²) in [6, 6.07) is 9.23. The van der Waals surface area contributed by atoms with E-state index in [1.54, 1.807) is 31.4 Å². The highest BCUT2D eigenvalue weighted by molar-refractivity contribution is 6.07. The van der Waals surface area contributed by atoms with Crippen LogP contribution in [0, 0.1) is 6.92 Å². The second-order valence-corrected chi connectivity index (χ2v) is 7.45. The minimum Gasteiger partial charge on any atom is -0.489 e. The van der Waals surface area contributed by atoms with E-state index in [-0.39, 0.29) is 6.61 Å². The summed E-state index contributed by atoms with van der Waals surface area (Å²) in [4.78, 5) is 29.3. The molecule has 1 saturated heterocycles. The lowest BCUT2D eigenvalue weighted by Gasteiger charge is -2.24. The molecule has 30 heavy (non-hydrogen) atoms. The van der Waals surface area contributed by atoms with Crippen LogP contribution in [0.1, 0.15) is 28.2 Å². The van der Waals surface area contributed by atoms with E-state index in [9.17, 15) is 9.59 Å². The van der Waals surface area contributed by atoms with E-state index < -0.39 is 17.4 Å². The molecular weight excluding hydrogens is 386 g/mol.